The summed E-state index contributed by atoms with van der Waals surface area (Å²) in [4.78, 5) is 1.48. The van der Waals surface area contributed by atoms with E-state index in [2.05, 4.69) is 9.72 Å². The van der Waals surface area contributed by atoms with Crippen LogP contribution in [0.4, 0.5) is 26.3 Å². The molecule has 0 aromatic carbocycles. The summed E-state index contributed by atoms with van der Waals surface area (Å²) < 4.78 is 100. The molecular weight excluding hydrogens is 354 g/mol. The lowest BCUT2D eigenvalue weighted by atomic mass is 10.2. The van der Waals surface area contributed by atoms with Gasteiger partial charge in [-0.1, -0.05) is 0 Å². The summed E-state index contributed by atoms with van der Waals surface area (Å²) in [5, 5.41) is 0. The molecule has 1 heterocycles. The minimum absolute atomic E-state index is 0.220. The molecule has 0 fully saturated rings. The number of pyridine rings is 1. The molecule has 0 spiro atoms. The SMILES string of the molecule is NCc1nc(OC(F)(F)F)cc(C(F)(F)F)c1S(=O)(=O)Cl. The largest absolute Gasteiger partial charge is 0.574 e. The second-order valence-corrected chi connectivity index (χ2v) is 5.97. The highest BCUT2D eigenvalue weighted by molar-refractivity contribution is 8.13. The molecule has 13 heteroatoms. The minimum Gasteiger partial charge on any atom is -0.388 e. The van der Waals surface area contributed by atoms with Crippen molar-refractivity contribution in [2.24, 2.45) is 5.73 Å². The third-order valence-corrected chi connectivity index (χ3v) is 3.39. The zero-order valence-electron chi connectivity index (χ0n) is 9.59. The number of nitrogens with two attached hydrogens (primary N) is 1. The van der Waals surface area contributed by atoms with E-state index in [0.29, 0.717) is 0 Å². The molecule has 1 aromatic heterocycles. The predicted octanol–water partition coefficient (Wildman–Crippen LogP) is 2.39. The summed E-state index contributed by atoms with van der Waals surface area (Å²) in [5.74, 6) is -1.50. The van der Waals surface area contributed by atoms with Gasteiger partial charge in [0, 0.05) is 23.3 Å². The molecule has 1 rings (SSSR count). The van der Waals surface area contributed by atoms with Gasteiger partial charge >= 0.3 is 12.5 Å². The van der Waals surface area contributed by atoms with E-state index in [0.717, 1.165) is 0 Å². The van der Waals surface area contributed by atoms with Crippen LogP contribution in [-0.2, 0) is 21.8 Å². The first-order chi connectivity index (χ1) is 9.25. The number of rotatable bonds is 3. The van der Waals surface area contributed by atoms with Gasteiger partial charge in [0.2, 0.25) is 5.88 Å². The van der Waals surface area contributed by atoms with Crippen LogP contribution in [0.15, 0.2) is 11.0 Å². The van der Waals surface area contributed by atoms with Crippen LogP contribution in [0.25, 0.3) is 0 Å². The van der Waals surface area contributed by atoms with Gasteiger partial charge in [-0.3, -0.25) is 0 Å². The molecular formula is C8H5ClF6N2O3S. The first-order valence-corrected chi connectivity index (χ1v) is 7.08. The Hall–Kier alpha value is -1.27. The lowest BCUT2D eigenvalue weighted by Gasteiger charge is -2.16. The van der Waals surface area contributed by atoms with Crippen LogP contribution in [0.1, 0.15) is 11.3 Å². The molecule has 21 heavy (non-hydrogen) atoms. The van der Waals surface area contributed by atoms with Crippen molar-refractivity contribution in [2.45, 2.75) is 24.0 Å². The number of aromatic nitrogens is 1. The highest BCUT2D eigenvalue weighted by Gasteiger charge is 2.41. The fourth-order valence-corrected chi connectivity index (χ4v) is 2.72. The first kappa shape index (κ1) is 17.8. The summed E-state index contributed by atoms with van der Waals surface area (Å²) in [7, 11) is -0.0942. The van der Waals surface area contributed by atoms with Gasteiger partial charge in [0.05, 0.1) is 11.3 Å². The molecule has 0 bridgehead atoms. The molecule has 2 N–H and O–H groups in total. The molecule has 0 unspecified atom stereocenters. The fourth-order valence-electron chi connectivity index (χ4n) is 1.35. The third kappa shape index (κ3) is 4.61. The second kappa shape index (κ2) is 5.50. The van der Waals surface area contributed by atoms with Gasteiger partial charge in [-0.25, -0.2) is 13.4 Å². The van der Waals surface area contributed by atoms with Gasteiger partial charge < -0.3 is 10.5 Å². The van der Waals surface area contributed by atoms with Crippen molar-refractivity contribution in [2.75, 3.05) is 0 Å². The van der Waals surface area contributed by atoms with Crippen LogP contribution in [0.5, 0.6) is 5.88 Å². The van der Waals surface area contributed by atoms with Crippen molar-refractivity contribution >= 4 is 19.7 Å². The van der Waals surface area contributed by atoms with E-state index in [1.165, 1.54) is 0 Å². The topological polar surface area (TPSA) is 82.3 Å². The van der Waals surface area contributed by atoms with E-state index >= 15 is 0 Å². The number of halogens is 7. The van der Waals surface area contributed by atoms with E-state index in [1.807, 2.05) is 0 Å². The highest BCUT2D eigenvalue weighted by atomic mass is 35.7. The van der Waals surface area contributed by atoms with Crippen LogP contribution in [-0.4, -0.2) is 19.8 Å². The summed E-state index contributed by atoms with van der Waals surface area (Å²) in [6.07, 6.45) is -10.6. The second-order valence-electron chi connectivity index (χ2n) is 3.47. The third-order valence-electron chi connectivity index (χ3n) is 1.98. The number of hydrogen-bond acceptors (Lipinski definition) is 5. The Morgan fingerprint density at radius 3 is 2.10 bits per heavy atom. The summed E-state index contributed by atoms with van der Waals surface area (Å²) in [6.45, 7) is -0.903. The van der Waals surface area contributed by atoms with Crippen molar-refractivity contribution in [1.29, 1.82) is 0 Å². The van der Waals surface area contributed by atoms with Gasteiger partial charge in [-0.2, -0.15) is 13.2 Å². The zero-order chi connectivity index (χ0) is 16.6. The lowest BCUT2D eigenvalue weighted by molar-refractivity contribution is -0.276. The van der Waals surface area contributed by atoms with Gasteiger partial charge in [0.15, 0.2) is 0 Å². The molecule has 0 saturated heterocycles. The Bertz CT molecular complexity index is 643. The molecule has 0 atom stereocenters. The van der Waals surface area contributed by atoms with Crippen LogP contribution >= 0.6 is 10.7 Å². The summed E-state index contributed by atoms with van der Waals surface area (Å²) in [6, 6.07) is -0.220. The quantitative estimate of drug-likeness (QED) is 0.662. The smallest absolute Gasteiger partial charge is 0.388 e. The average Bonchev–Trinajstić information content (AvgIpc) is 2.22. The molecule has 0 aliphatic rings. The fraction of sp³-hybridized carbons (Fsp3) is 0.375. The van der Waals surface area contributed by atoms with Crippen molar-refractivity contribution < 1.29 is 39.5 Å². The molecule has 0 radical (unpaired) electrons. The molecule has 0 saturated carbocycles. The Labute approximate surface area is 118 Å². The number of nitrogens with zero attached hydrogens (tertiary/aromatic N) is 1. The van der Waals surface area contributed by atoms with Crippen LogP contribution in [0, 0.1) is 0 Å². The summed E-state index contributed by atoms with van der Waals surface area (Å²) in [5.41, 5.74) is 2.05. The van der Waals surface area contributed by atoms with E-state index in [-0.39, 0.29) is 6.07 Å². The van der Waals surface area contributed by atoms with Crippen molar-refractivity contribution in [3.8, 4) is 5.88 Å². The van der Waals surface area contributed by atoms with Crippen LogP contribution in [0.2, 0.25) is 0 Å². The lowest BCUT2D eigenvalue weighted by Crippen LogP contribution is -2.21. The number of ether oxygens (including phenoxy) is 1. The molecule has 0 aliphatic carbocycles. The number of hydrogen-bond donors (Lipinski definition) is 1. The number of alkyl halides is 6. The normalized spacial score (nSPS) is 13.3. The van der Waals surface area contributed by atoms with Gasteiger partial charge in [0.1, 0.15) is 4.90 Å². The standard InChI is InChI=1S/C8H5ClF6N2O3S/c9-21(18,19)6-3(7(10,11)12)1-5(17-4(6)2-16)20-8(13,14)15/h1H,2,16H2. The molecule has 1 aromatic rings. The Kier molecular flexibility index (Phi) is 4.65. The average molecular weight is 359 g/mol. The van der Waals surface area contributed by atoms with Gasteiger partial charge in [-0.05, 0) is 0 Å². The van der Waals surface area contributed by atoms with E-state index < -0.39 is 50.2 Å². The summed E-state index contributed by atoms with van der Waals surface area (Å²) >= 11 is 0. The molecule has 120 valence electrons. The van der Waals surface area contributed by atoms with Gasteiger partial charge in [-0.15, -0.1) is 13.2 Å². The highest BCUT2D eigenvalue weighted by Crippen LogP contribution is 2.39. The minimum atomic E-state index is -5.32. The maximum atomic E-state index is 12.8. The van der Waals surface area contributed by atoms with Crippen LogP contribution < -0.4 is 10.5 Å². The Morgan fingerprint density at radius 2 is 1.76 bits per heavy atom. The molecule has 0 amide bonds. The van der Waals surface area contributed by atoms with E-state index in [4.69, 9.17) is 16.4 Å². The van der Waals surface area contributed by atoms with Crippen molar-refractivity contribution in [3.63, 3.8) is 0 Å². The zero-order valence-corrected chi connectivity index (χ0v) is 11.2. The maximum Gasteiger partial charge on any atom is 0.574 e. The van der Waals surface area contributed by atoms with E-state index in [1.54, 1.807) is 0 Å². The maximum absolute atomic E-state index is 12.8. The Morgan fingerprint density at radius 1 is 1.24 bits per heavy atom. The van der Waals surface area contributed by atoms with Crippen molar-refractivity contribution in [3.05, 3.63) is 17.3 Å². The van der Waals surface area contributed by atoms with E-state index in [9.17, 15) is 34.8 Å². The molecule has 0 aliphatic heterocycles. The first-order valence-electron chi connectivity index (χ1n) is 4.77. The molecule has 5 nitrogen and oxygen atoms in total. The Balaban J connectivity index is 3.67. The monoisotopic (exact) mass is 358 g/mol. The predicted molar refractivity (Wildman–Crippen MR) is 56.9 cm³/mol. The van der Waals surface area contributed by atoms with Crippen LogP contribution in [0.3, 0.4) is 0 Å². The van der Waals surface area contributed by atoms with Crippen molar-refractivity contribution in [1.82, 2.24) is 4.98 Å². The van der Waals surface area contributed by atoms with Gasteiger partial charge in [0.25, 0.3) is 9.05 Å².